The average molecular weight is 559 g/mol. The fraction of sp³-hybridized carbons (Fsp3) is 0.160. The fourth-order valence-electron chi connectivity index (χ4n) is 4.11. The Hall–Kier alpha value is -4.65. The van der Waals surface area contributed by atoms with Crippen molar-refractivity contribution >= 4 is 23.1 Å². The highest BCUT2D eigenvalue weighted by Gasteiger charge is 2.30. The van der Waals surface area contributed by atoms with Gasteiger partial charge in [0, 0.05) is 29.6 Å². The Balaban J connectivity index is 0.000000455. The highest BCUT2D eigenvalue weighted by atomic mass is 35.5. The van der Waals surface area contributed by atoms with Gasteiger partial charge in [-0.15, -0.1) is 10.4 Å². The molecule has 3 aromatic heterocycles. The molecule has 0 radical (unpaired) electrons. The lowest BCUT2D eigenvalue weighted by Crippen LogP contribution is -2.25. The highest BCUT2D eigenvalue weighted by Crippen LogP contribution is 2.37. The Labute approximate surface area is 222 Å². The molecule has 0 saturated heterocycles. The summed E-state index contributed by atoms with van der Waals surface area (Å²) in [5, 5.41) is 9.27. The van der Waals surface area contributed by atoms with Gasteiger partial charge in [0.25, 0.3) is 0 Å². The van der Waals surface area contributed by atoms with Crippen molar-refractivity contribution in [3.63, 3.8) is 0 Å². The smallest absolute Gasteiger partial charge is 0.326 e. The number of rotatable bonds is 3. The number of benzene rings is 2. The van der Waals surface area contributed by atoms with Crippen molar-refractivity contribution in [3.8, 4) is 22.5 Å². The summed E-state index contributed by atoms with van der Waals surface area (Å²) in [6, 6.07) is 12.4. The monoisotopic (exact) mass is 558 g/mol. The summed E-state index contributed by atoms with van der Waals surface area (Å²) in [6.45, 7) is 0.732. The van der Waals surface area contributed by atoms with Gasteiger partial charge in [-0.05, 0) is 60.4 Å². The number of fused-ring (bicyclic) bond motifs is 1. The molecule has 1 aliphatic heterocycles. The van der Waals surface area contributed by atoms with Crippen molar-refractivity contribution in [2.45, 2.75) is 19.0 Å². The molecule has 5 aromatic rings. The minimum Gasteiger partial charge on any atom is -0.326 e. The molecule has 6 rings (SSSR count). The van der Waals surface area contributed by atoms with E-state index in [0.717, 1.165) is 60.3 Å². The summed E-state index contributed by atoms with van der Waals surface area (Å²) in [5.74, 6) is 0.355. The zero-order chi connectivity index (χ0) is 27.6. The Morgan fingerprint density at radius 3 is 2.38 bits per heavy atom. The first kappa shape index (κ1) is 26.0. The van der Waals surface area contributed by atoms with Gasteiger partial charge in [-0.2, -0.15) is 13.2 Å². The van der Waals surface area contributed by atoms with E-state index in [-0.39, 0.29) is 5.82 Å². The van der Waals surface area contributed by atoms with Crippen LogP contribution in [0.15, 0.2) is 79.6 Å². The first-order valence-corrected chi connectivity index (χ1v) is 11.9. The molecule has 200 valence electrons. The second-order valence-corrected chi connectivity index (χ2v) is 8.82. The Morgan fingerprint density at radius 1 is 1.00 bits per heavy atom. The number of alkyl halides is 3. The fourth-order valence-corrected chi connectivity index (χ4v) is 4.38. The van der Waals surface area contributed by atoms with Crippen LogP contribution in [0.1, 0.15) is 17.5 Å². The van der Waals surface area contributed by atoms with Gasteiger partial charge in [0.05, 0.1) is 10.6 Å². The molecule has 0 fully saturated rings. The summed E-state index contributed by atoms with van der Waals surface area (Å²) in [5.41, 5.74) is 2.66. The van der Waals surface area contributed by atoms with Gasteiger partial charge in [0.15, 0.2) is 5.82 Å². The van der Waals surface area contributed by atoms with Crippen molar-refractivity contribution in [2.75, 3.05) is 11.4 Å². The van der Waals surface area contributed by atoms with E-state index >= 15 is 0 Å². The number of hydrogen-bond donors (Lipinski definition) is 2. The number of nitrogens with one attached hydrogen (secondary N) is 2. The van der Waals surface area contributed by atoms with Gasteiger partial charge in [0.2, 0.25) is 0 Å². The minimum absolute atomic E-state index is 0.245. The van der Waals surface area contributed by atoms with Gasteiger partial charge in [-0.1, -0.05) is 28.9 Å². The lowest BCUT2D eigenvalue weighted by Gasteiger charge is -2.30. The van der Waals surface area contributed by atoms with Gasteiger partial charge >= 0.3 is 17.6 Å². The van der Waals surface area contributed by atoms with Gasteiger partial charge in [0.1, 0.15) is 12.0 Å². The van der Waals surface area contributed by atoms with E-state index in [9.17, 15) is 22.8 Å². The summed E-state index contributed by atoms with van der Waals surface area (Å²) in [7, 11) is 0. The summed E-state index contributed by atoms with van der Waals surface area (Å²) >= 11 is 6.44. The molecule has 0 bridgehead atoms. The van der Waals surface area contributed by atoms with Crippen LogP contribution in [-0.2, 0) is 12.6 Å². The van der Waals surface area contributed by atoms with Crippen LogP contribution in [0.4, 0.5) is 24.7 Å². The zero-order valence-electron chi connectivity index (χ0n) is 19.8. The van der Waals surface area contributed by atoms with Crippen LogP contribution in [0, 0.1) is 0 Å². The third kappa shape index (κ3) is 5.77. The summed E-state index contributed by atoms with van der Waals surface area (Å²) in [6.07, 6.45) is 0.0310. The maximum Gasteiger partial charge on any atom is 0.439 e. The Bertz CT molecular complexity index is 1690. The van der Waals surface area contributed by atoms with Crippen LogP contribution in [0.3, 0.4) is 0 Å². The third-order valence-corrected chi connectivity index (χ3v) is 6.21. The van der Waals surface area contributed by atoms with E-state index in [2.05, 4.69) is 29.3 Å². The molecule has 2 N–H and O–H groups in total. The van der Waals surface area contributed by atoms with Crippen LogP contribution >= 0.6 is 11.6 Å². The highest BCUT2D eigenvalue weighted by molar-refractivity contribution is 6.33. The lowest BCUT2D eigenvalue weighted by atomic mass is 9.99. The standard InChI is InChI=1S/C23H16ClF3N4O2.C2H2N2O2/c24-19-11-17(7-8-18(19)20-29-22(32)33-30-20)31-9-1-2-14-10-15(12-28-21(14)31)13-3-5-16(6-4-13)23(25,26)27;5-2-1-3-4-6-2/h3-8,10-12H,1-2,9H2,(H,29,30,32);1,4H. The van der Waals surface area contributed by atoms with Crippen molar-refractivity contribution < 1.29 is 22.2 Å². The predicted molar refractivity (Wildman–Crippen MR) is 135 cm³/mol. The van der Waals surface area contributed by atoms with E-state index in [1.165, 1.54) is 12.1 Å². The number of aromatic amines is 2. The summed E-state index contributed by atoms with van der Waals surface area (Å²) < 4.78 is 47.1. The zero-order valence-corrected chi connectivity index (χ0v) is 20.6. The number of hydrogen-bond acceptors (Lipinski definition) is 8. The molecule has 0 unspecified atom stereocenters. The van der Waals surface area contributed by atoms with Gasteiger partial charge < -0.3 is 9.42 Å². The SMILES string of the molecule is O=c1[nH]c(-c2ccc(N3CCCc4cc(-c5ccc(C(F)(F)F)cc5)cnc43)cc2Cl)no1.O=c1cn[nH]o1. The molecule has 0 amide bonds. The van der Waals surface area contributed by atoms with E-state index in [1.807, 2.05) is 22.3 Å². The molecule has 0 spiro atoms. The maximum atomic E-state index is 12.9. The minimum atomic E-state index is -4.37. The third-order valence-electron chi connectivity index (χ3n) is 5.90. The molecular formula is C25H18ClF3N6O4. The lowest BCUT2D eigenvalue weighted by molar-refractivity contribution is -0.137. The average Bonchev–Trinajstić information content (AvgIpc) is 3.58. The second-order valence-electron chi connectivity index (χ2n) is 8.42. The quantitative estimate of drug-likeness (QED) is 0.308. The van der Waals surface area contributed by atoms with Crippen molar-refractivity contribution in [1.82, 2.24) is 25.5 Å². The first-order chi connectivity index (χ1) is 18.7. The molecular weight excluding hydrogens is 541 g/mol. The number of nitrogens with zero attached hydrogens (tertiary/aromatic N) is 4. The number of aromatic nitrogens is 5. The van der Waals surface area contributed by atoms with Crippen LogP contribution in [0.5, 0.6) is 0 Å². The number of halogens is 4. The molecule has 10 nitrogen and oxygen atoms in total. The van der Waals surface area contributed by atoms with Crippen LogP contribution in [0.2, 0.25) is 5.02 Å². The van der Waals surface area contributed by atoms with Crippen LogP contribution in [-0.4, -0.2) is 32.0 Å². The van der Waals surface area contributed by atoms with Crippen molar-refractivity contribution in [3.05, 3.63) is 98.0 Å². The molecule has 1 aliphatic rings. The molecule has 14 heteroatoms. The van der Waals surface area contributed by atoms with Crippen molar-refractivity contribution in [2.24, 2.45) is 0 Å². The largest absolute Gasteiger partial charge is 0.439 e. The molecule has 4 heterocycles. The van der Waals surface area contributed by atoms with E-state index in [4.69, 9.17) is 11.6 Å². The molecule has 2 aromatic carbocycles. The molecule has 0 atom stereocenters. The predicted octanol–water partition coefficient (Wildman–Crippen LogP) is 5.21. The molecule has 0 aliphatic carbocycles. The van der Waals surface area contributed by atoms with E-state index in [0.29, 0.717) is 16.1 Å². The number of pyridine rings is 1. The topological polar surface area (TPSA) is 134 Å². The van der Waals surface area contributed by atoms with Crippen LogP contribution < -0.4 is 16.3 Å². The number of aryl methyl sites for hydroxylation is 1. The Kier molecular flexibility index (Phi) is 7.07. The summed E-state index contributed by atoms with van der Waals surface area (Å²) in [4.78, 5) is 30.2. The van der Waals surface area contributed by atoms with E-state index in [1.54, 1.807) is 18.3 Å². The van der Waals surface area contributed by atoms with Crippen molar-refractivity contribution in [1.29, 1.82) is 0 Å². The number of H-pyrrole nitrogens is 2. The first-order valence-electron chi connectivity index (χ1n) is 11.5. The van der Waals surface area contributed by atoms with Gasteiger partial charge in [-0.25, -0.2) is 14.6 Å². The van der Waals surface area contributed by atoms with Gasteiger partial charge in [-0.3, -0.25) is 9.51 Å². The molecule has 39 heavy (non-hydrogen) atoms. The molecule has 0 saturated carbocycles. The van der Waals surface area contributed by atoms with Crippen LogP contribution in [0.25, 0.3) is 22.5 Å². The Morgan fingerprint density at radius 2 is 1.79 bits per heavy atom. The van der Waals surface area contributed by atoms with E-state index < -0.39 is 23.1 Å². The second kappa shape index (κ2) is 10.6. The normalized spacial score (nSPS) is 13.0. The number of anilines is 2. The maximum absolute atomic E-state index is 12.9.